The van der Waals surface area contributed by atoms with Gasteiger partial charge in [0.15, 0.2) is 5.11 Å². The average Bonchev–Trinajstić information content (AvgIpc) is 3.31. The molecule has 0 radical (unpaired) electrons. The zero-order valence-electron chi connectivity index (χ0n) is 17.9. The minimum Gasteiger partial charge on any atom is -0.330 e. The number of nitrogens with zero attached hydrogens (tertiary/aromatic N) is 4. The van der Waals surface area contributed by atoms with Gasteiger partial charge in [0.05, 0.1) is 42.0 Å². The molecular formula is C23H21ClF2N6S. The van der Waals surface area contributed by atoms with Crippen LogP contribution in [0.2, 0.25) is 5.02 Å². The normalized spacial score (nSPS) is 10.9. The number of rotatable bonds is 6. The molecule has 4 aromatic rings. The van der Waals surface area contributed by atoms with Gasteiger partial charge >= 0.3 is 0 Å². The van der Waals surface area contributed by atoms with Crippen molar-refractivity contribution in [2.24, 2.45) is 0 Å². The van der Waals surface area contributed by atoms with Crippen LogP contribution in [-0.2, 0) is 13.1 Å². The van der Waals surface area contributed by atoms with E-state index in [-0.39, 0.29) is 18.2 Å². The van der Waals surface area contributed by atoms with Crippen LogP contribution in [0.3, 0.4) is 0 Å². The summed E-state index contributed by atoms with van der Waals surface area (Å²) in [6, 6.07) is 10.9. The summed E-state index contributed by atoms with van der Waals surface area (Å²) in [6.45, 7) is 4.43. The van der Waals surface area contributed by atoms with Crippen LogP contribution in [0.1, 0.15) is 22.5 Å². The fourth-order valence-electron chi connectivity index (χ4n) is 3.43. The Balaban J connectivity index is 1.42. The Morgan fingerprint density at radius 3 is 2.55 bits per heavy atom. The summed E-state index contributed by atoms with van der Waals surface area (Å²) < 4.78 is 30.7. The zero-order chi connectivity index (χ0) is 23.5. The first kappa shape index (κ1) is 22.9. The fourth-order valence-corrected chi connectivity index (χ4v) is 3.87. The van der Waals surface area contributed by atoms with Gasteiger partial charge < -0.3 is 10.6 Å². The predicted octanol–water partition coefficient (Wildman–Crippen LogP) is 5.53. The molecule has 2 aromatic heterocycles. The Morgan fingerprint density at radius 2 is 1.82 bits per heavy atom. The molecule has 0 saturated heterocycles. The molecule has 2 heterocycles. The van der Waals surface area contributed by atoms with Gasteiger partial charge in [0.1, 0.15) is 11.6 Å². The van der Waals surface area contributed by atoms with Crippen LogP contribution in [0.5, 0.6) is 0 Å². The van der Waals surface area contributed by atoms with Crippen LogP contribution in [0.15, 0.2) is 54.9 Å². The summed E-state index contributed by atoms with van der Waals surface area (Å²) in [5, 5.41) is 15.8. The first-order chi connectivity index (χ1) is 15.8. The van der Waals surface area contributed by atoms with E-state index in [0.717, 1.165) is 22.6 Å². The standard InChI is InChI=1S/C23H21ClF2N6S/c1-14-22(15(2)32(30-14)13-19-20(24)4-3-5-21(19)26)29-23(33)28-18-10-27-31(12-18)11-16-6-8-17(25)9-7-16/h3-10,12H,11,13H2,1-2H3,(H2,28,29,33). The summed E-state index contributed by atoms with van der Waals surface area (Å²) in [7, 11) is 0. The largest absolute Gasteiger partial charge is 0.330 e. The van der Waals surface area contributed by atoms with Crippen molar-refractivity contribution in [1.29, 1.82) is 0 Å². The zero-order valence-corrected chi connectivity index (χ0v) is 19.5. The van der Waals surface area contributed by atoms with Crippen LogP contribution in [0.4, 0.5) is 20.2 Å². The molecular weight excluding hydrogens is 466 g/mol. The third-order valence-corrected chi connectivity index (χ3v) is 5.70. The number of aryl methyl sites for hydroxylation is 1. The Hall–Kier alpha value is -3.30. The van der Waals surface area contributed by atoms with E-state index in [9.17, 15) is 8.78 Å². The Labute approximate surface area is 200 Å². The second kappa shape index (κ2) is 9.68. The molecule has 0 atom stereocenters. The number of anilines is 2. The Kier molecular flexibility index (Phi) is 6.71. The summed E-state index contributed by atoms with van der Waals surface area (Å²) >= 11 is 11.6. The molecule has 6 nitrogen and oxygen atoms in total. The van der Waals surface area contributed by atoms with Crippen molar-refractivity contribution in [2.45, 2.75) is 26.9 Å². The molecule has 4 rings (SSSR count). The van der Waals surface area contributed by atoms with Gasteiger partial charge in [-0.1, -0.05) is 29.8 Å². The Bertz CT molecular complexity index is 1280. The first-order valence-corrected chi connectivity index (χ1v) is 10.9. The smallest absolute Gasteiger partial charge is 0.175 e. The van der Waals surface area contributed by atoms with Crippen molar-refractivity contribution in [1.82, 2.24) is 19.6 Å². The van der Waals surface area contributed by atoms with Gasteiger partial charge in [-0.15, -0.1) is 0 Å². The van der Waals surface area contributed by atoms with E-state index in [2.05, 4.69) is 20.8 Å². The SMILES string of the molecule is Cc1nn(Cc2c(F)cccc2Cl)c(C)c1NC(=S)Nc1cnn(Cc2ccc(F)cc2)c1. The van der Waals surface area contributed by atoms with Gasteiger partial charge in [0.25, 0.3) is 0 Å². The van der Waals surface area contributed by atoms with Gasteiger partial charge in [-0.3, -0.25) is 9.36 Å². The summed E-state index contributed by atoms with van der Waals surface area (Å²) in [5.74, 6) is -0.650. The van der Waals surface area contributed by atoms with Gasteiger partial charge in [0.2, 0.25) is 0 Å². The monoisotopic (exact) mass is 486 g/mol. The molecule has 33 heavy (non-hydrogen) atoms. The Morgan fingerprint density at radius 1 is 1.06 bits per heavy atom. The van der Waals surface area contributed by atoms with Crippen molar-refractivity contribution in [3.8, 4) is 0 Å². The summed E-state index contributed by atoms with van der Waals surface area (Å²) in [4.78, 5) is 0. The van der Waals surface area contributed by atoms with Gasteiger partial charge in [-0.05, 0) is 55.9 Å². The van der Waals surface area contributed by atoms with Crippen LogP contribution < -0.4 is 10.6 Å². The lowest BCUT2D eigenvalue weighted by Crippen LogP contribution is -2.19. The van der Waals surface area contributed by atoms with E-state index in [0.29, 0.717) is 27.9 Å². The third kappa shape index (κ3) is 5.37. The lowest BCUT2D eigenvalue weighted by atomic mass is 10.2. The number of hydrogen-bond donors (Lipinski definition) is 2. The summed E-state index contributed by atoms with van der Waals surface area (Å²) in [5.41, 5.74) is 4.26. The second-order valence-corrected chi connectivity index (χ2v) is 8.35. The molecule has 0 saturated carbocycles. The number of aromatic nitrogens is 4. The molecule has 0 fully saturated rings. The summed E-state index contributed by atoms with van der Waals surface area (Å²) in [6.07, 6.45) is 3.46. The highest BCUT2D eigenvalue weighted by atomic mass is 35.5. The number of thiocarbonyl (C=S) groups is 1. The number of benzene rings is 2. The molecule has 170 valence electrons. The van der Waals surface area contributed by atoms with Crippen LogP contribution in [0.25, 0.3) is 0 Å². The second-order valence-electron chi connectivity index (χ2n) is 7.54. The van der Waals surface area contributed by atoms with Crippen molar-refractivity contribution in [3.05, 3.63) is 94.0 Å². The highest BCUT2D eigenvalue weighted by molar-refractivity contribution is 7.80. The highest BCUT2D eigenvalue weighted by Gasteiger charge is 2.16. The van der Waals surface area contributed by atoms with E-state index in [4.69, 9.17) is 23.8 Å². The molecule has 0 amide bonds. The van der Waals surface area contributed by atoms with Crippen molar-refractivity contribution < 1.29 is 8.78 Å². The number of hydrogen-bond acceptors (Lipinski definition) is 3. The van der Waals surface area contributed by atoms with Crippen LogP contribution in [0, 0.1) is 25.5 Å². The van der Waals surface area contributed by atoms with Crippen molar-refractivity contribution >= 4 is 40.3 Å². The van der Waals surface area contributed by atoms with Crippen molar-refractivity contribution in [2.75, 3.05) is 10.6 Å². The first-order valence-electron chi connectivity index (χ1n) is 10.1. The van der Waals surface area contributed by atoms with Gasteiger partial charge in [-0.25, -0.2) is 8.78 Å². The average molecular weight is 487 g/mol. The maximum atomic E-state index is 14.2. The van der Waals surface area contributed by atoms with Crippen LogP contribution >= 0.6 is 23.8 Å². The molecule has 0 bridgehead atoms. The van der Waals surface area contributed by atoms with E-state index in [1.54, 1.807) is 46.0 Å². The predicted molar refractivity (Wildman–Crippen MR) is 130 cm³/mol. The molecule has 0 aliphatic heterocycles. The van der Waals surface area contributed by atoms with Crippen molar-refractivity contribution in [3.63, 3.8) is 0 Å². The maximum Gasteiger partial charge on any atom is 0.175 e. The molecule has 0 spiro atoms. The van der Waals surface area contributed by atoms with Gasteiger partial charge in [0, 0.05) is 16.8 Å². The van der Waals surface area contributed by atoms with Gasteiger partial charge in [-0.2, -0.15) is 10.2 Å². The molecule has 0 aliphatic carbocycles. The quantitative estimate of drug-likeness (QED) is 0.351. The van der Waals surface area contributed by atoms with E-state index in [1.807, 2.05) is 13.8 Å². The van der Waals surface area contributed by atoms with Crippen LogP contribution in [-0.4, -0.2) is 24.7 Å². The molecule has 0 aliphatic rings. The van der Waals surface area contributed by atoms with E-state index in [1.165, 1.54) is 18.2 Å². The lowest BCUT2D eigenvalue weighted by Gasteiger charge is -2.11. The number of nitrogens with one attached hydrogen (secondary N) is 2. The number of halogens is 3. The molecule has 0 unspecified atom stereocenters. The fraction of sp³-hybridized carbons (Fsp3) is 0.174. The van der Waals surface area contributed by atoms with E-state index >= 15 is 0 Å². The maximum absolute atomic E-state index is 14.2. The highest BCUT2D eigenvalue weighted by Crippen LogP contribution is 2.24. The molecule has 2 N–H and O–H groups in total. The minimum atomic E-state index is -0.376. The third-order valence-electron chi connectivity index (χ3n) is 5.14. The van der Waals surface area contributed by atoms with E-state index < -0.39 is 0 Å². The topological polar surface area (TPSA) is 59.7 Å². The lowest BCUT2D eigenvalue weighted by molar-refractivity contribution is 0.579. The molecule has 10 heteroatoms. The minimum absolute atomic E-state index is 0.205. The molecule has 2 aromatic carbocycles.